The van der Waals surface area contributed by atoms with Gasteiger partial charge in [-0.1, -0.05) is 12.6 Å². The van der Waals surface area contributed by atoms with Gasteiger partial charge in [-0.2, -0.15) is 9.97 Å². The molecule has 1 aliphatic heterocycles. The standard InChI is InChI=1S/C29H30F2N8O3/c1-4-23(40)34-18-6-5-7-19(14-18)39-17-33-27(41)20-15-32-28(36-26(20)39)35-21-8-9-22(25(31)24(21)30)38-12-10-37(11-13-38)16-29(2,3)42/h4-9,14-15,17,42H,1,10-13,16H2,2-3H3,(H,34,40)(H,32,35,36). The molecular weight excluding hydrogens is 546 g/mol. The number of anilines is 4. The average Bonchev–Trinajstić information content (AvgIpc) is 2.95. The molecule has 1 amide bonds. The van der Waals surface area contributed by atoms with E-state index in [1.165, 1.54) is 29.2 Å². The highest BCUT2D eigenvalue weighted by molar-refractivity contribution is 5.99. The predicted octanol–water partition coefficient (Wildman–Crippen LogP) is 3.21. The van der Waals surface area contributed by atoms with Gasteiger partial charge in [-0.3, -0.25) is 19.1 Å². The zero-order valence-corrected chi connectivity index (χ0v) is 23.1. The fourth-order valence-electron chi connectivity index (χ4n) is 4.81. The Bertz CT molecular complexity index is 1710. The summed E-state index contributed by atoms with van der Waals surface area (Å²) in [6.07, 6.45) is 3.68. The van der Waals surface area contributed by atoms with Crippen molar-refractivity contribution < 1.29 is 18.7 Å². The number of piperazine rings is 1. The number of carbonyl (C=O) groups is 1. The second-order valence-corrected chi connectivity index (χ2v) is 10.6. The maximum absolute atomic E-state index is 15.2. The van der Waals surface area contributed by atoms with E-state index >= 15 is 8.78 Å². The number of nitrogens with one attached hydrogen (secondary N) is 2. The van der Waals surface area contributed by atoms with Crippen LogP contribution in [0.4, 0.5) is 31.8 Å². The number of halogens is 2. The maximum atomic E-state index is 15.2. The molecule has 3 heterocycles. The van der Waals surface area contributed by atoms with Crippen LogP contribution in [0.15, 0.2) is 66.4 Å². The summed E-state index contributed by atoms with van der Waals surface area (Å²) in [5, 5.41) is 15.5. The van der Waals surface area contributed by atoms with Gasteiger partial charge in [0.2, 0.25) is 11.9 Å². The molecule has 0 atom stereocenters. The van der Waals surface area contributed by atoms with Crippen molar-refractivity contribution in [3.63, 3.8) is 0 Å². The maximum Gasteiger partial charge on any atom is 0.283 e. The van der Waals surface area contributed by atoms with Crippen molar-refractivity contribution in [1.82, 2.24) is 24.4 Å². The lowest BCUT2D eigenvalue weighted by atomic mass is 10.1. The molecule has 0 unspecified atom stereocenters. The second kappa shape index (κ2) is 11.6. The first-order chi connectivity index (χ1) is 20.0. The second-order valence-electron chi connectivity index (χ2n) is 10.6. The van der Waals surface area contributed by atoms with Gasteiger partial charge in [0.15, 0.2) is 17.3 Å². The van der Waals surface area contributed by atoms with Crippen LogP contribution >= 0.6 is 0 Å². The number of hydrogen-bond donors (Lipinski definition) is 3. The number of rotatable bonds is 8. The number of carbonyl (C=O) groups excluding carboxylic acids is 1. The summed E-state index contributed by atoms with van der Waals surface area (Å²) in [5.41, 5.74) is -0.252. The molecule has 42 heavy (non-hydrogen) atoms. The number of fused-ring (bicyclic) bond motifs is 1. The largest absolute Gasteiger partial charge is 0.389 e. The molecule has 2 aromatic carbocycles. The van der Waals surface area contributed by atoms with Crippen molar-refractivity contribution >= 4 is 40.0 Å². The van der Waals surface area contributed by atoms with E-state index in [9.17, 15) is 14.7 Å². The summed E-state index contributed by atoms with van der Waals surface area (Å²) in [6.45, 7) is 9.58. The quantitative estimate of drug-likeness (QED) is 0.271. The Morgan fingerprint density at radius 2 is 1.88 bits per heavy atom. The monoisotopic (exact) mass is 576 g/mol. The third-order valence-electron chi connectivity index (χ3n) is 6.73. The van der Waals surface area contributed by atoms with Crippen molar-refractivity contribution in [2.24, 2.45) is 0 Å². The Labute approximate surface area is 240 Å². The topological polar surface area (TPSA) is 129 Å². The summed E-state index contributed by atoms with van der Waals surface area (Å²) in [5.74, 6) is -2.55. The van der Waals surface area contributed by atoms with E-state index in [2.05, 4.69) is 37.1 Å². The van der Waals surface area contributed by atoms with Crippen LogP contribution in [0, 0.1) is 11.6 Å². The Morgan fingerprint density at radius 3 is 2.60 bits per heavy atom. The number of nitrogens with zero attached hydrogens (tertiary/aromatic N) is 6. The molecule has 13 heteroatoms. The molecule has 5 rings (SSSR count). The molecule has 0 saturated carbocycles. The molecule has 0 radical (unpaired) electrons. The van der Waals surface area contributed by atoms with Gasteiger partial charge >= 0.3 is 0 Å². The number of benzene rings is 2. The molecule has 0 bridgehead atoms. The van der Waals surface area contributed by atoms with Crippen molar-refractivity contribution in [2.45, 2.75) is 19.4 Å². The number of hydrogen-bond acceptors (Lipinski definition) is 9. The van der Waals surface area contributed by atoms with E-state index < -0.39 is 28.7 Å². The van der Waals surface area contributed by atoms with Gasteiger partial charge < -0.3 is 20.6 Å². The van der Waals surface area contributed by atoms with Gasteiger partial charge in [0, 0.05) is 44.6 Å². The Morgan fingerprint density at radius 1 is 1.12 bits per heavy atom. The molecule has 1 saturated heterocycles. The van der Waals surface area contributed by atoms with Crippen LogP contribution in [0.1, 0.15) is 13.8 Å². The van der Waals surface area contributed by atoms with Crippen LogP contribution < -0.4 is 21.1 Å². The van der Waals surface area contributed by atoms with E-state index in [4.69, 9.17) is 0 Å². The average molecular weight is 577 g/mol. The van der Waals surface area contributed by atoms with Crippen molar-refractivity contribution in [3.8, 4) is 5.69 Å². The van der Waals surface area contributed by atoms with Crippen molar-refractivity contribution in [2.75, 3.05) is 48.3 Å². The van der Waals surface area contributed by atoms with E-state index in [-0.39, 0.29) is 28.4 Å². The lowest BCUT2D eigenvalue weighted by molar-refractivity contribution is -0.111. The van der Waals surface area contributed by atoms with E-state index in [0.717, 1.165) is 6.08 Å². The Kier molecular flexibility index (Phi) is 7.96. The van der Waals surface area contributed by atoms with Gasteiger partial charge in [-0.05, 0) is 50.3 Å². The molecule has 3 N–H and O–H groups in total. The first-order valence-electron chi connectivity index (χ1n) is 13.3. The van der Waals surface area contributed by atoms with E-state index in [1.54, 1.807) is 43.0 Å². The van der Waals surface area contributed by atoms with Crippen LogP contribution in [0.5, 0.6) is 0 Å². The van der Waals surface area contributed by atoms with Crippen LogP contribution in [0.2, 0.25) is 0 Å². The normalized spacial score (nSPS) is 14.2. The molecule has 2 aromatic heterocycles. The Hall–Kier alpha value is -4.75. The minimum absolute atomic E-state index is 0.0655. The molecule has 1 aliphatic rings. The third kappa shape index (κ3) is 6.26. The molecule has 0 aliphatic carbocycles. The van der Waals surface area contributed by atoms with Gasteiger partial charge in [0.05, 0.1) is 22.7 Å². The number of β-amino-alcohol motifs (C(OH)–C–C–N with tert-alkyl or cyclic N) is 1. The molecular formula is C29H30F2N8O3. The molecule has 4 aromatic rings. The Balaban J connectivity index is 1.40. The molecule has 218 valence electrons. The smallest absolute Gasteiger partial charge is 0.283 e. The van der Waals surface area contributed by atoms with Crippen LogP contribution in [0.25, 0.3) is 16.7 Å². The van der Waals surface area contributed by atoms with Gasteiger partial charge in [0.25, 0.3) is 5.56 Å². The molecule has 11 nitrogen and oxygen atoms in total. The first kappa shape index (κ1) is 28.8. The van der Waals surface area contributed by atoms with Crippen LogP contribution in [0.3, 0.4) is 0 Å². The SMILES string of the molecule is C=CC(=O)Nc1cccc(-n2cnc(=O)c3cnc(Nc4ccc(N5CCN(CC(C)(C)O)CC5)c(F)c4F)nc32)c1. The van der Waals surface area contributed by atoms with Crippen molar-refractivity contribution in [1.29, 1.82) is 0 Å². The minimum atomic E-state index is -1.09. The van der Waals surface area contributed by atoms with Crippen molar-refractivity contribution in [3.05, 3.63) is 83.6 Å². The first-order valence-corrected chi connectivity index (χ1v) is 13.3. The highest BCUT2D eigenvalue weighted by Crippen LogP contribution is 2.29. The van der Waals surface area contributed by atoms with Gasteiger partial charge in [-0.15, -0.1) is 0 Å². The summed E-state index contributed by atoms with van der Waals surface area (Å²) in [6, 6.07) is 9.67. The number of aliphatic hydroxyl groups is 1. The third-order valence-corrected chi connectivity index (χ3v) is 6.73. The number of aromatic nitrogens is 4. The minimum Gasteiger partial charge on any atom is -0.389 e. The zero-order chi connectivity index (χ0) is 30.0. The van der Waals surface area contributed by atoms with Gasteiger partial charge in [-0.25, -0.2) is 13.8 Å². The summed E-state index contributed by atoms with van der Waals surface area (Å²) >= 11 is 0. The van der Waals surface area contributed by atoms with Gasteiger partial charge in [0.1, 0.15) is 11.7 Å². The highest BCUT2D eigenvalue weighted by atomic mass is 19.2. The molecule has 1 fully saturated rings. The summed E-state index contributed by atoms with van der Waals surface area (Å²) in [7, 11) is 0. The van der Waals surface area contributed by atoms with E-state index in [0.29, 0.717) is 44.1 Å². The van der Waals surface area contributed by atoms with E-state index in [1.807, 2.05) is 0 Å². The fraction of sp³-hybridized carbons (Fsp3) is 0.276. The van der Waals surface area contributed by atoms with Crippen LogP contribution in [-0.4, -0.2) is 73.8 Å². The molecule has 0 spiro atoms. The number of amides is 1. The summed E-state index contributed by atoms with van der Waals surface area (Å²) in [4.78, 5) is 40.4. The lowest BCUT2D eigenvalue weighted by Crippen LogP contribution is -2.50. The van der Waals surface area contributed by atoms with Crippen LogP contribution in [-0.2, 0) is 4.79 Å². The lowest BCUT2D eigenvalue weighted by Gasteiger charge is -2.38. The highest BCUT2D eigenvalue weighted by Gasteiger charge is 2.26. The fourth-order valence-corrected chi connectivity index (χ4v) is 4.81. The zero-order valence-electron chi connectivity index (χ0n) is 23.1. The summed E-state index contributed by atoms with van der Waals surface area (Å²) < 4.78 is 32.0. The predicted molar refractivity (Wildman–Crippen MR) is 156 cm³/mol.